The van der Waals surface area contributed by atoms with E-state index in [9.17, 15) is 9.90 Å². The third kappa shape index (κ3) is 2.70. The highest BCUT2D eigenvalue weighted by molar-refractivity contribution is 5.78. The smallest absolute Gasteiger partial charge is 0.315 e. The van der Waals surface area contributed by atoms with Crippen molar-refractivity contribution in [3.8, 4) is 11.5 Å². The Morgan fingerprint density at radius 1 is 1.42 bits per heavy atom. The van der Waals surface area contributed by atoms with E-state index >= 15 is 0 Å². The number of aromatic nitrogens is 1. The maximum absolute atomic E-state index is 12.2. The lowest BCUT2D eigenvalue weighted by molar-refractivity contribution is -0.151. The van der Waals surface area contributed by atoms with Crippen molar-refractivity contribution < 1.29 is 19.4 Å². The van der Waals surface area contributed by atoms with Crippen molar-refractivity contribution in [3.63, 3.8) is 0 Å². The molecule has 1 N–H and O–H groups in total. The van der Waals surface area contributed by atoms with Crippen molar-refractivity contribution in [3.05, 3.63) is 53.3 Å². The number of nitrogens with zero attached hydrogens (tertiary/aromatic N) is 2. The minimum absolute atomic E-state index is 0.112. The molecular weight excluding hydrogens is 332 g/mol. The maximum Gasteiger partial charge on any atom is 0.315 e. The summed E-state index contributed by atoms with van der Waals surface area (Å²) in [6, 6.07) is 11.6. The monoisotopic (exact) mass is 354 g/mol. The van der Waals surface area contributed by atoms with Gasteiger partial charge in [-0.1, -0.05) is 12.1 Å². The van der Waals surface area contributed by atoms with Crippen LogP contribution in [0.1, 0.15) is 22.9 Å². The molecule has 0 bridgehead atoms. The lowest BCUT2D eigenvalue weighted by atomic mass is 9.73. The largest absolute Gasteiger partial charge is 0.497 e. The van der Waals surface area contributed by atoms with E-state index < -0.39 is 11.4 Å². The van der Waals surface area contributed by atoms with Gasteiger partial charge in [-0.15, -0.1) is 0 Å². The number of hydrogen-bond donors (Lipinski definition) is 1. The average Bonchev–Trinajstić information content (AvgIpc) is 3.01. The number of ether oxygens (including phenoxy) is 2. The molecule has 6 heteroatoms. The van der Waals surface area contributed by atoms with Crippen LogP contribution in [-0.4, -0.2) is 47.8 Å². The van der Waals surface area contributed by atoms with Crippen LogP contribution in [0.2, 0.25) is 0 Å². The third-order valence-corrected chi connectivity index (χ3v) is 5.45. The Hall–Kier alpha value is -2.60. The first kappa shape index (κ1) is 16.8. The molecule has 2 aliphatic heterocycles. The standard InChI is InChI=1S/C20H22N2O4/c1-13-4-3-5-14(21-13)9-22-10-17-16-7-6-15(25-2)8-18(16)26-12-20(17,11-22)19(23)24/h3-8,17H,9-12H2,1-2H3,(H,23,24)/t17?,20-/m1/s1. The number of hydrogen-bond acceptors (Lipinski definition) is 5. The molecule has 2 atom stereocenters. The zero-order valence-electron chi connectivity index (χ0n) is 14.9. The number of aryl methyl sites for hydroxylation is 1. The molecule has 3 heterocycles. The third-order valence-electron chi connectivity index (χ3n) is 5.45. The van der Waals surface area contributed by atoms with E-state index in [1.807, 2.05) is 43.3 Å². The Morgan fingerprint density at radius 2 is 2.27 bits per heavy atom. The van der Waals surface area contributed by atoms with Crippen LogP contribution in [-0.2, 0) is 11.3 Å². The topological polar surface area (TPSA) is 71.9 Å². The summed E-state index contributed by atoms with van der Waals surface area (Å²) in [4.78, 5) is 18.9. The molecule has 136 valence electrons. The molecule has 1 fully saturated rings. The summed E-state index contributed by atoms with van der Waals surface area (Å²) < 4.78 is 11.1. The summed E-state index contributed by atoms with van der Waals surface area (Å²) >= 11 is 0. The molecule has 1 unspecified atom stereocenters. The molecule has 1 aromatic heterocycles. The minimum atomic E-state index is -0.925. The highest BCUT2D eigenvalue weighted by Gasteiger charge is 2.56. The number of fused-ring (bicyclic) bond motifs is 3. The number of benzene rings is 1. The molecule has 0 saturated carbocycles. The predicted molar refractivity (Wildman–Crippen MR) is 95.5 cm³/mol. The molecule has 0 amide bonds. The first-order valence-corrected chi connectivity index (χ1v) is 8.71. The second-order valence-corrected chi connectivity index (χ2v) is 7.15. The fraction of sp³-hybridized carbons (Fsp3) is 0.400. The van der Waals surface area contributed by atoms with E-state index in [0.717, 1.165) is 22.7 Å². The van der Waals surface area contributed by atoms with Gasteiger partial charge in [-0.05, 0) is 25.1 Å². The molecular formula is C20H22N2O4. The number of carboxylic acid groups (broad SMARTS) is 1. The van der Waals surface area contributed by atoms with E-state index in [0.29, 0.717) is 25.4 Å². The van der Waals surface area contributed by atoms with Crippen molar-refractivity contribution in [2.75, 3.05) is 26.8 Å². The van der Waals surface area contributed by atoms with Crippen molar-refractivity contribution in [2.24, 2.45) is 5.41 Å². The molecule has 0 radical (unpaired) electrons. The molecule has 2 aromatic rings. The van der Waals surface area contributed by atoms with E-state index in [-0.39, 0.29) is 12.5 Å². The van der Waals surface area contributed by atoms with Gasteiger partial charge in [0.1, 0.15) is 23.5 Å². The number of carboxylic acids is 1. The Bertz CT molecular complexity index is 853. The molecule has 1 aromatic carbocycles. The van der Waals surface area contributed by atoms with E-state index in [1.165, 1.54) is 0 Å². The fourth-order valence-electron chi connectivity index (χ4n) is 4.13. The Balaban J connectivity index is 1.65. The van der Waals surface area contributed by atoms with Gasteiger partial charge in [0, 0.05) is 42.9 Å². The maximum atomic E-state index is 12.2. The average molecular weight is 354 g/mol. The number of likely N-dealkylation sites (tertiary alicyclic amines) is 1. The van der Waals surface area contributed by atoms with Gasteiger partial charge in [-0.2, -0.15) is 0 Å². The highest BCUT2D eigenvalue weighted by atomic mass is 16.5. The van der Waals surface area contributed by atoms with Gasteiger partial charge < -0.3 is 14.6 Å². The van der Waals surface area contributed by atoms with Crippen LogP contribution < -0.4 is 9.47 Å². The van der Waals surface area contributed by atoms with Crippen molar-refractivity contribution >= 4 is 5.97 Å². The first-order chi connectivity index (χ1) is 12.5. The summed E-state index contributed by atoms with van der Waals surface area (Å²) in [5.41, 5.74) is 1.94. The van der Waals surface area contributed by atoms with Crippen molar-refractivity contribution in [2.45, 2.75) is 19.4 Å². The van der Waals surface area contributed by atoms with Crippen LogP contribution >= 0.6 is 0 Å². The van der Waals surface area contributed by atoms with Crippen LogP contribution in [0.3, 0.4) is 0 Å². The Labute approximate surface area is 152 Å². The van der Waals surface area contributed by atoms with Crippen molar-refractivity contribution in [1.29, 1.82) is 0 Å². The Morgan fingerprint density at radius 3 is 3.00 bits per heavy atom. The number of carbonyl (C=O) groups is 1. The summed E-state index contributed by atoms with van der Waals surface area (Å²) in [6.45, 7) is 3.89. The molecule has 1 saturated heterocycles. The quantitative estimate of drug-likeness (QED) is 0.909. The molecule has 0 spiro atoms. The molecule has 2 aliphatic rings. The summed E-state index contributed by atoms with van der Waals surface area (Å²) in [7, 11) is 1.61. The summed E-state index contributed by atoms with van der Waals surface area (Å²) in [6.07, 6.45) is 0. The van der Waals surface area contributed by atoms with Gasteiger partial charge >= 0.3 is 5.97 Å². The number of aliphatic carboxylic acids is 1. The van der Waals surface area contributed by atoms with Gasteiger partial charge in [0.25, 0.3) is 0 Å². The zero-order chi connectivity index (χ0) is 18.3. The van der Waals surface area contributed by atoms with Crippen LogP contribution in [0.5, 0.6) is 11.5 Å². The van der Waals surface area contributed by atoms with Gasteiger partial charge in [-0.3, -0.25) is 14.7 Å². The molecule has 4 rings (SSSR count). The number of pyridine rings is 1. The van der Waals surface area contributed by atoms with Gasteiger partial charge in [-0.25, -0.2) is 0 Å². The second-order valence-electron chi connectivity index (χ2n) is 7.15. The van der Waals surface area contributed by atoms with Crippen molar-refractivity contribution in [1.82, 2.24) is 9.88 Å². The number of methoxy groups -OCH3 is 1. The normalized spacial score (nSPS) is 24.5. The van der Waals surface area contributed by atoms with E-state index in [4.69, 9.17) is 9.47 Å². The summed E-state index contributed by atoms with van der Waals surface area (Å²) in [5, 5.41) is 10.0. The highest BCUT2D eigenvalue weighted by Crippen LogP contribution is 2.50. The Kier molecular flexibility index (Phi) is 4.07. The molecule has 0 aliphatic carbocycles. The molecule has 6 nitrogen and oxygen atoms in total. The van der Waals surface area contributed by atoms with E-state index in [2.05, 4.69) is 9.88 Å². The summed E-state index contributed by atoms with van der Waals surface area (Å²) in [5.74, 6) is 0.523. The van der Waals surface area contributed by atoms with Crippen LogP contribution in [0, 0.1) is 12.3 Å². The van der Waals surface area contributed by atoms with Gasteiger partial charge in [0.2, 0.25) is 0 Å². The zero-order valence-corrected chi connectivity index (χ0v) is 14.9. The lowest BCUT2D eigenvalue weighted by Gasteiger charge is -2.36. The van der Waals surface area contributed by atoms with Gasteiger partial charge in [0.05, 0.1) is 12.8 Å². The second kappa shape index (κ2) is 6.29. The first-order valence-electron chi connectivity index (χ1n) is 8.71. The SMILES string of the molecule is COc1ccc2c(c1)OC[C@]1(C(=O)O)CN(Cc3cccc(C)n3)CC21. The van der Waals surface area contributed by atoms with Crippen LogP contribution in [0.25, 0.3) is 0 Å². The van der Waals surface area contributed by atoms with E-state index in [1.54, 1.807) is 7.11 Å². The minimum Gasteiger partial charge on any atom is -0.497 e. The lowest BCUT2D eigenvalue weighted by Crippen LogP contribution is -2.45. The van der Waals surface area contributed by atoms with Gasteiger partial charge in [0.15, 0.2) is 0 Å². The number of rotatable bonds is 4. The van der Waals surface area contributed by atoms with Crippen LogP contribution in [0.15, 0.2) is 36.4 Å². The van der Waals surface area contributed by atoms with Crippen LogP contribution in [0.4, 0.5) is 0 Å². The molecule has 26 heavy (non-hydrogen) atoms. The fourth-order valence-corrected chi connectivity index (χ4v) is 4.13. The predicted octanol–water partition coefficient (Wildman–Crippen LogP) is 2.46.